The van der Waals surface area contributed by atoms with E-state index in [9.17, 15) is 0 Å². The quantitative estimate of drug-likeness (QED) is 0.677. The van der Waals surface area contributed by atoms with Crippen LogP contribution in [0.5, 0.6) is 0 Å². The number of fused-ring (bicyclic) bond motifs is 3. The Bertz CT molecular complexity index is 1040. The van der Waals surface area contributed by atoms with Crippen LogP contribution in [-0.4, -0.2) is 40.9 Å². The molecule has 0 spiro atoms. The summed E-state index contributed by atoms with van der Waals surface area (Å²) in [5, 5.41) is 4.97. The standard InChI is InChI=1S/C23H30N4O/c1-13-10-14(2)20(15(3)11-13)21-18(6)25-27-22(21)24-17(5)19-12-16(4)26(23(19)27)8-9-28-7/h10-11,16H,8-9,12H2,1-7H3. The Labute approximate surface area is 167 Å². The van der Waals surface area contributed by atoms with E-state index in [4.69, 9.17) is 14.8 Å². The van der Waals surface area contributed by atoms with Crippen molar-refractivity contribution >= 4 is 11.5 Å². The summed E-state index contributed by atoms with van der Waals surface area (Å²) in [6.45, 7) is 14.6. The molecule has 0 bridgehead atoms. The lowest BCUT2D eigenvalue weighted by atomic mass is 9.94. The van der Waals surface area contributed by atoms with Gasteiger partial charge in [0.25, 0.3) is 0 Å². The lowest BCUT2D eigenvalue weighted by Gasteiger charge is -2.24. The Hall–Kier alpha value is -2.40. The molecule has 0 saturated heterocycles. The van der Waals surface area contributed by atoms with E-state index < -0.39 is 0 Å². The smallest absolute Gasteiger partial charge is 0.165 e. The highest BCUT2D eigenvalue weighted by atomic mass is 16.5. The van der Waals surface area contributed by atoms with Crippen LogP contribution in [0.25, 0.3) is 16.8 Å². The number of anilines is 1. The average Bonchev–Trinajstić information content (AvgIpc) is 3.10. The van der Waals surface area contributed by atoms with Gasteiger partial charge in [0.15, 0.2) is 5.65 Å². The number of aromatic nitrogens is 3. The van der Waals surface area contributed by atoms with Crippen LogP contribution in [-0.2, 0) is 11.2 Å². The first kappa shape index (κ1) is 18.9. The lowest BCUT2D eigenvalue weighted by molar-refractivity contribution is 0.204. The highest BCUT2D eigenvalue weighted by Crippen LogP contribution is 2.39. The molecule has 0 aliphatic carbocycles. The molecule has 148 valence electrons. The highest BCUT2D eigenvalue weighted by molar-refractivity contribution is 5.85. The summed E-state index contributed by atoms with van der Waals surface area (Å²) in [4.78, 5) is 7.46. The minimum Gasteiger partial charge on any atom is -0.383 e. The van der Waals surface area contributed by atoms with Gasteiger partial charge < -0.3 is 9.64 Å². The molecule has 4 rings (SSSR count). The number of hydrogen-bond acceptors (Lipinski definition) is 4. The fraction of sp³-hybridized carbons (Fsp3) is 0.478. The van der Waals surface area contributed by atoms with Crippen molar-refractivity contribution in [2.75, 3.05) is 25.2 Å². The molecule has 0 N–H and O–H groups in total. The number of aryl methyl sites for hydroxylation is 5. The average molecular weight is 379 g/mol. The zero-order chi connectivity index (χ0) is 20.2. The Balaban J connectivity index is 2.00. The monoisotopic (exact) mass is 378 g/mol. The molecule has 3 heterocycles. The maximum absolute atomic E-state index is 5.36. The van der Waals surface area contributed by atoms with E-state index in [1.807, 2.05) is 0 Å². The maximum Gasteiger partial charge on any atom is 0.165 e. The third-order valence-corrected chi connectivity index (χ3v) is 5.98. The molecule has 5 heteroatoms. The van der Waals surface area contributed by atoms with Gasteiger partial charge in [-0.1, -0.05) is 17.7 Å². The van der Waals surface area contributed by atoms with Crippen LogP contribution < -0.4 is 4.90 Å². The van der Waals surface area contributed by atoms with E-state index >= 15 is 0 Å². The van der Waals surface area contributed by atoms with E-state index in [0.717, 1.165) is 35.6 Å². The molecule has 0 amide bonds. The molecule has 1 aromatic carbocycles. The third-order valence-electron chi connectivity index (χ3n) is 5.98. The molecular weight excluding hydrogens is 348 g/mol. The summed E-state index contributed by atoms with van der Waals surface area (Å²) in [6.07, 6.45) is 1.00. The van der Waals surface area contributed by atoms with Crippen molar-refractivity contribution in [3.05, 3.63) is 45.8 Å². The van der Waals surface area contributed by atoms with Crippen molar-refractivity contribution in [2.45, 2.75) is 54.0 Å². The normalized spacial score (nSPS) is 16.2. The van der Waals surface area contributed by atoms with Crippen molar-refractivity contribution in [1.29, 1.82) is 0 Å². The minimum absolute atomic E-state index is 0.423. The predicted octanol–water partition coefficient (Wildman–Crippen LogP) is 4.34. The van der Waals surface area contributed by atoms with Crippen LogP contribution in [0.2, 0.25) is 0 Å². The van der Waals surface area contributed by atoms with E-state index in [-0.39, 0.29) is 0 Å². The molecule has 5 nitrogen and oxygen atoms in total. The minimum atomic E-state index is 0.423. The van der Waals surface area contributed by atoms with E-state index in [1.54, 1.807) is 7.11 Å². The number of methoxy groups -OCH3 is 1. The molecule has 1 unspecified atom stereocenters. The summed E-state index contributed by atoms with van der Waals surface area (Å²) < 4.78 is 7.44. The highest BCUT2D eigenvalue weighted by Gasteiger charge is 2.32. The van der Waals surface area contributed by atoms with Gasteiger partial charge in [-0.3, -0.25) is 0 Å². The van der Waals surface area contributed by atoms with Crippen molar-refractivity contribution in [3.63, 3.8) is 0 Å². The number of ether oxygens (including phenoxy) is 1. The molecule has 2 aromatic heterocycles. The number of nitrogens with zero attached hydrogens (tertiary/aromatic N) is 4. The SMILES string of the molecule is COCCN1c2c(c(C)nc3c(-c4c(C)cc(C)cc4C)c(C)nn23)CC1C. The number of rotatable bonds is 4. The lowest BCUT2D eigenvalue weighted by Crippen LogP contribution is -2.33. The van der Waals surface area contributed by atoms with Gasteiger partial charge in [0.2, 0.25) is 0 Å². The van der Waals surface area contributed by atoms with E-state index in [1.165, 1.54) is 33.6 Å². The van der Waals surface area contributed by atoms with Crippen LogP contribution in [0.3, 0.4) is 0 Å². The van der Waals surface area contributed by atoms with E-state index in [2.05, 4.69) is 63.1 Å². The number of hydrogen-bond donors (Lipinski definition) is 0. The molecular formula is C23H30N4O. The summed E-state index contributed by atoms with van der Waals surface area (Å²) in [7, 11) is 1.76. The molecule has 0 radical (unpaired) electrons. The van der Waals surface area contributed by atoms with Crippen LogP contribution in [0.15, 0.2) is 12.1 Å². The Morgan fingerprint density at radius 2 is 1.71 bits per heavy atom. The van der Waals surface area contributed by atoms with Crippen LogP contribution in [0.1, 0.15) is 40.6 Å². The summed E-state index contributed by atoms with van der Waals surface area (Å²) in [5.41, 5.74) is 10.7. The van der Waals surface area contributed by atoms with Crippen molar-refractivity contribution in [3.8, 4) is 11.1 Å². The predicted molar refractivity (Wildman–Crippen MR) is 114 cm³/mol. The molecule has 0 fully saturated rings. The van der Waals surface area contributed by atoms with Crippen LogP contribution in [0.4, 0.5) is 5.82 Å². The first-order valence-corrected chi connectivity index (χ1v) is 10.1. The van der Waals surface area contributed by atoms with Crippen LogP contribution in [0, 0.1) is 34.6 Å². The molecule has 0 saturated carbocycles. The van der Waals surface area contributed by atoms with Gasteiger partial charge in [0.1, 0.15) is 5.82 Å². The number of benzene rings is 1. The topological polar surface area (TPSA) is 42.7 Å². The van der Waals surface area contributed by atoms with Crippen LogP contribution >= 0.6 is 0 Å². The van der Waals surface area contributed by atoms with Gasteiger partial charge in [0, 0.05) is 31.0 Å². The third kappa shape index (κ3) is 2.80. The second kappa shape index (κ2) is 6.89. The summed E-state index contributed by atoms with van der Waals surface area (Å²) in [6, 6.07) is 4.92. The van der Waals surface area contributed by atoms with Crippen molar-refractivity contribution in [2.24, 2.45) is 0 Å². The maximum atomic E-state index is 5.36. The van der Waals surface area contributed by atoms with Crippen molar-refractivity contribution in [1.82, 2.24) is 14.6 Å². The zero-order valence-electron chi connectivity index (χ0n) is 18.1. The van der Waals surface area contributed by atoms with Gasteiger partial charge in [0.05, 0.1) is 17.9 Å². The molecule has 28 heavy (non-hydrogen) atoms. The fourth-order valence-corrected chi connectivity index (χ4v) is 4.81. The first-order valence-electron chi connectivity index (χ1n) is 10.1. The van der Waals surface area contributed by atoms with Gasteiger partial charge in [-0.15, -0.1) is 0 Å². The molecule has 1 aliphatic rings. The fourth-order valence-electron chi connectivity index (χ4n) is 4.81. The Morgan fingerprint density at radius 1 is 1.04 bits per heavy atom. The Kier molecular flexibility index (Phi) is 4.66. The first-order chi connectivity index (χ1) is 13.3. The molecule has 3 aromatic rings. The van der Waals surface area contributed by atoms with Gasteiger partial charge >= 0.3 is 0 Å². The van der Waals surface area contributed by atoms with Gasteiger partial charge in [-0.25, -0.2) is 4.98 Å². The second-order valence-electron chi connectivity index (χ2n) is 8.21. The van der Waals surface area contributed by atoms with E-state index in [0.29, 0.717) is 12.6 Å². The Morgan fingerprint density at radius 3 is 2.36 bits per heavy atom. The summed E-state index contributed by atoms with van der Waals surface area (Å²) in [5.74, 6) is 1.18. The zero-order valence-corrected chi connectivity index (χ0v) is 18.1. The summed E-state index contributed by atoms with van der Waals surface area (Å²) >= 11 is 0. The van der Waals surface area contributed by atoms with Gasteiger partial charge in [-0.2, -0.15) is 9.61 Å². The van der Waals surface area contributed by atoms with Gasteiger partial charge in [-0.05, 0) is 64.7 Å². The largest absolute Gasteiger partial charge is 0.383 e. The second-order valence-corrected chi connectivity index (χ2v) is 8.21. The molecule has 1 atom stereocenters. The molecule has 1 aliphatic heterocycles. The van der Waals surface area contributed by atoms with Crippen molar-refractivity contribution < 1.29 is 4.74 Å².